The second-order valence-corrected chi connectivity index (χ2v) is 5.22. The summed E-state index contributed by atoms with van der Waals surface area (Å²) in [6, 6.07) is 5.30. The Morgan fingerprint density at radius 2 is 2.26 bits per heavy atom. The van der Waals surface area contributed by atoms with Crippen molar-refractivity contribution in [2.75, 3.05) is 6.54 Å². The molecular formula is C13H17FN4S. The minimum absolute atomic E-state index is 0.219. The second kappa shape index (κ2) is 6.68. The molecular weight excluding hydrogens is 263 g/mol. The lowest BCUT2D eigenvalue weighted by atomic mass is 10.2. The third-order valence-electron chi connectivity index (χ3n) is 2.62. The average molecular weight is 280 g/mol. The van der Waals surface area contributed by atoms with Gasteiger partial charge in [-0.15, -0.1) is 0 Å². The molecule has 0 bridgehead atoms. The first-order chi connectivity index (χ1) is 9.20. The molecule has 0 unspecified atom stereocenters. The molecule has 1 N–H and O–H groups in total. The van der Waals surface area contributed by atoms with Gasteiger partial charge in [0.2, 0.25) is 0 Å². The molecule has 1 heterocycles. The zero-order valence-electron chi connectivity index (χ0n) is 11.1. The van der Waals surface area contributed by atoms with Crippen LogP contribution in [0, 0.1) is 5.82 Å². The average Bonchev–Trinajstić information content (AvgIpc) is 2.79. The van der Waals surface area contributed by atoms with Crippen LogP contribution in [-0.2, 0) is 13.6 Å². The molecule has 0 amide bonds. The standard InChI is InChI=1S/C13H17FN4S/c1-3-6-15-8-10-4-5-12(11(14)7-10)19-13-16-9-17-18(13)2/h4-5,7,9,15H,3,6,8H2,1-2H3. The fraction of sp³-hybridized carbons (Fsp3) is 0.385. The molecule has 102 valence electrons. The van der Waals surface area contributed by atoms with E-state index >= 15 is 0 Å². The summed E-state index contributed by atoms with van der Waals surface area (Å²) >= 11 is 1.28. The van der Waals surface area contributed by atoms with Crippen LogP contribution in [0.5, 0.6) is 0 Å². The molecule has 1 aromatic heterocycles. The van der Waals surface area contributed by atoms with Gasteiger partial charge in [-0.1, -0.05) is 13.0 Å². The van der Waals surface area contributed by atoms with Gasteiger partial charge in [0.15, 0.2) is 5.16 Å². The number of aromatic nitrogens is 3. The van der Waals surface area contributed by atoms with Crippen molar-refractivity contribution in [3.8, 4) is 0 Å². The van der Waals surface area contributed by atoms with Crippen molar-refractivity contribution >= 4 is 11.8 Å². The smallest absolute Gasteiger partial charge is 0.190 e. The van der Waals surface area contributed by atoms with E-state index in [0.717, 1.165) is 18.5 Å². The first kappa shape index (κ1) is 14.0. The van der Waals surface area contributed by atoms with Crippen LogP contribution in [0.4, 0.5) is 4.39 Å². The zero-order valence-corrected chi connectivity index (χ0v) is 11.9. The number of nitrogens with zero attached hydrogens (tertiary/aromatic N) is 3. The van der Waals surface area contributed by atoms with E-state index in [-0.39, 0.29) is 5.82 Å². The number of aryl methyl sites for hydroxylation is 1. The number of nitrogens with one attached hydrogen (secondary N) is 1. The molecule has 0 aliphatic rings. The Balaban J connectivity index is 2.05. The van der Waals surface area contributed by atoms with E-state index in [9.17, 15) is 4.39 Å². The number of rotatable bonds is 6. The summed E-state index contributed by atoms with van der Waals surface area (Å²) in [6.45, 7) is 3.74. The van der Waals surface area contributed by atoms with E-state index in [1.54, 1.807) is 23.9 Å². The van der Waals surface area contributed by atoms with Gasteiger partial charge in [-0.2, -0.15) is 5.10 Å². The van der Waals surface area contributed by atoms with E-state index in [4.69, 9.17) is 0 Å². The maximum absolute atomic E-state index is 14.0. The third-order valence-corrected chi connectivity index (χ3v) is 3.73. The van der Waals surface area contributed by atoms with Gasteiger partial charge in [0.05, 0.1) is 4.90 Å². The molecule has 1 aromatic carbocycles. The van der Waals surface area contributed by atoms with E-state index in [2.05, 4.69) is 22.3 Å². The van der Waals surface area contributed by atoms with Crippen molar-refractivity contribution < 1.29 is 4.39 Å². The molecule has 19 heavy (non-hydrogen) atoms. The molecule has 0 aliphatic carbocycles. The van der Waals surface area contributed by atoms with Crippen molar-refractivity contribution in [1.82, 2.24) is 20.1 Å². The van der Waals surface area contributed by atoms with Gasteiger partial charge < -0.3 is 5.32 Å². The molecule has 0 fully saturated rings. The monoisotopic (exact) mass is 280 g/mol. The molecule has 0 saturated carbocycles. The number of hydrogen-bond acceptors (Lipinski definition) is 4. The van der Waals surface area contributed by atoms with Crippen LogP contribution in [0.1, 0.15) is 18.9 Å². The Morgan fingerprint density at radius 1 is 1.42 bits per heavy atom. The number of benzene rings is 1. The van der Waals surface area contributed by atoms with Gasteiger partial charge in [-0.25, -0.2) is 14.1 Å². The van der Waals surface area contributed by atoms with Gasteiger partial charge in [0.25, 0.3) is 0 Å². The van der Waals surface area contributed by atoms with Crippen LogP contribution < -0.4 is 5.32 Å². The molecule has 0 spiro atoms. The van der Waals surface area contributed by atoms with Crippen molar-refractivity contribution in [3.05, 3.63) is 35.9 Å². The summed E-state index contributed by atoms with van der Waals surface area (Å²) in [5.74, 6) is -0.219. The van der Waals surface area contributed by atoms with Crippen LogP contribution in [-0.4, -0.2) is 21.3 Å². The summed E-state index contributed by atoms with van der Waals surface area (Å²) in [7, 11) is 1.79. The Kier molecular flexibility index (Phi) is 4.93. The fourth-order valence-electron chi connectivity index (χ4n) is 1.62. The topological polar surface area (TPSA) is 42.7 Å². The SMILES string of the molecule is CCCNCc1ccc(Sc2ncnn2C)c(F)c1. The van der Waals surface area contributed by atoms with Gasteiger partial charge in [-0.3, -0.25) is 0 Å². The van der Waals surface area contributed by atoms with Crippen molar-refractivity contribution in [2.45, 2.75) is 29.9 Å². The number of halogens is 1. The summed E-state index contributed by atoms with van der Waals surface area (Å²) in [6.07, 6.45) is 2.53. The Bertz CT molecular complexity index is 541. The fourth-order valence-corrected chi connectivity index (χ4v) is 2.39. The quantitative estimate of drug-likeness (QED) is 0.826. The molecule has 6 heteroatoms. The van der Waals surface area contributed by atoms with E-state index < -0.39 is 0 Å². The summed E-state index contributed by atoms with van der Waals surface area (Å²) in [5, 5.41) is 7.89. The van der Waals surface area contributed by atoms with Crippen LogP contribution in [0.15, 0.2) is 34.6 Å². The highest BCUT2D eigenvalue weighted by Crippen LogP contribution is 2.28. The van der Waals surface area contributed by atoms with E-state index in [1.807, 2.05) is 6.07 Å². The highest BCUT2D eigenvalue weighted by Gasteiger charge is 2.09. The normalized spacial score (nSPS) is 10.9. The predicted octanol–water partition coefficient (Wildman–Crippen LogP) is 2.61. The molecule has 0 atom stereocenters. The molecule has 0 aliphatic heterocycles. The highest BCUT2D eigenvalue weighted by molar-refractivity contribution is 7.99. The zero-order chi connectivity index (χ0) is 13.7. The van der Waals surface area contributed by atoms with Gasteiger partial charge >= 0.3 is 0 Å². The first-order valence-electron chi connectivity index (χ1n) is 6.21. The van der Waals surface area contributed by atoms with Crippen LogP contribution in [0.3, 0.4) is 0 Å². The van der Waals surface area contributed by atoms with Crippen LogP contribution in [0.2, 0.25) is 0 Å². The van der Waals surface area contributed by atoms with E-state index in [1.165, 1.54) is 18.1 Å². The van der Waals surface area contributed by atoms with E-state index in [0.29, 0.717) is 16.6 Å². The van der Waals surface area contributed by atoms with Gasteiger partial charge in [0.1, 0.15) is 12.1 Å². The largest absolute Gasteiger partial charge is 0.313 e. The minimum Gasteiger partial charge on any atom is -0.313 e. The maximum atomic E-state index is 14.0. The van der Waals surface area contributed by atoms with Crippen molar-refractivity contribution in [2.24, 2.45) is 7.05 Å². The summed E-state index contributed by atoms with van der Waals surface area (Å²) in [5.41, 5.74) is 0.952. The third kappa shape index (κ3) is 3.78. The van der Waals surface area contributed by atoms with Crippen LogP contribution >= 0.6 is 11.8 Å². The Hall–Kier alpha value is -1.40. The molecule has 0 radical (unpaired) electrons. The first-order valence-corrected chi connectivity index (χ1v) is 7.03. The maximum Gasteiger partial charge on any atom is 0.190 e. The van der Waals surface area contributed by atoms with Gasteiger partial charge in [0, 0.05) is 13.6 Å². The Morgan fingerprint density at radius 3 is 2.89 bits per heavy atom. The predicted molar refractivity (Wildman–Crippen MR) is 73.5 cm³/mol. The summed E-state index contributed by atoms with van der Waals surface area (Å²) in [4.78, 5) is 4.64. The Labute approximate surface area is 116 Å². The van der Waals surface area contributed by atoms with Gasteiger partial charge in [-0.05, 0) is 42.4 Å². The molecule has 0 saturated heterocycles. The molecule has 4 nitrogen and oxygen atoms in total. The van der Waals surface area contributed by atoms with Crippen LogP contribution in [0.25, 0.3) is 0 Å². The molecule has 2 aromatic rings. The number of hydrogen-bond donors (Lipinski definition) is 1. The minimum atomic E-state index is -0.219. The highest BCUT2D eigenvalue weighted by atomic mass is 32.2. The van der Waals surface area contributed by atoms with Crippen molar-refractivity contribution in [3.63, 3.8) is 0 Å². The molecule has 2 rings (SSSR count). The summed E-state index contributed by atoms with van der Waals surface area (Å²) < 4.78 is 15.6. The lowest BCUT2D eigenvalue weighted by Gasteiger charge is -2.06. The lowest BCUT2D eigenvalue weighted by Crippen LogP contribution is -2.13. The second-order valence-electron chi connectivity index (χ2n) is 4.21. The lowest BCUT2D eigenvalue weighted by molar-refractivity contribution is 0.594. The van der Waals surface area contributed by atoms with Crippen molar-refractivity contribution in [1.29, 1.82) is 0 Å².